The number of carbonyl (C=O) groups is 2. The van der Waals surface area contributed by atoms with Crippen LogP contribution in [0.5, 0.6) is 0 Å². The van der Waals surface area contributed by atoms with Crippen molar-refractivity contribution in [2.45, 2.75) is 214 Å². The summed E-state index contributed by atoms with van der Waals surface area (Å²) >= 11 is 0. The summed E-state index contributed by atoms with van der Waals surface area (Å²) in [5.74, 6) is 0.478. The van der Waals surface area contributed by atoms with E-state index in [1.807, 2.05) is 13.8 Å². The van der Waals surface area contributed by atoms with Crippen molar-refractivity contribution in [3.05, 3.63) is 0 Å². The number of hydrogen-bond donors (Lipinski definition) is 1. The van der Waals surface area contributed by atoms with Crippen LogP contribution in [0.25, 0.3) is 0 Å². The maximum absolute atomic E-state index is 12.6. The van der Waals surface area contributed by atoms with Gasteiger partial charge in [-0.05, 0) is 77.8 Å². The monoisotopic (exact) mass is 696 g/mol. The van der Waals surface area contributed by atoms with Crippen LogP contribution in [0, 0.1) is 11.3 Å². The van der Waals surface area contributed by atoms with E-state index in [9.17, 15) is 14.7 Å². The van der Waals surface area contributed by atoms with E-state index in [4.69, 9.17) is 9.47 Å². The number of unbranched alkanes of at least 4 members (excludes halogenated alkanes) is 19. The van der Waals surface area contributed by atoms with Gasteiger partial charge >= 0.3 is 11.9 Å². The van der Waals surface area contributed by atoms with Crippen molar-refractivity contribution in [2.75, 3.05) is 39.5 Å². The number of aliphatic hydroxyl groups excluding tert-OH is 1. The maximum Gasteiger partial charge on any atom is 0.311 e. The molecule has 0 aromatic heterocycles. The summed E-state index contributed by atoms with van der Waals surface area (Å²) in [7, 11) is 0. The summed E-state index contributed by atoms with van der Waals surface area (Å²) in [6.45, 7) is 15.0. The fourth-order valence-corrected chi connectivity index (χ4v) is 6.70. The summed E-state index contributed by atoms with van der Waals surface area (Å²) in [6, 6.07) is 0. The summed E-state index contributed by atoms with van der Waals surface area (Å²) in [6.07, 6.45) is 32.6. The Morgan fingerprint density at radius 3 is 1.63 bits per heavy atom. The van der Waals surface area contributed by atoms with E-state index in [0.29, 0.717) is 25.6 Å². The molecular formula is C43H85NO5. The number of aliphatic hydroxyl groups is 1. The topological polar surface area (TPSA) is 76.1 Å². The highest BCUT2D eigenvalue weighted by molar-refractivity contribution is 5.75. The first-order chi connectivity index (χ1) is 23.8. The van der Waals surface area contributed by atoms with Gasteiger partial charge in [0, 0.05) is 13.0 Å². The molecule has 6 nitrogen and oxygen atoms in total. The van der Waals surface area contributed by atoms with E-state index < -0.39 is 5.41 Å². The first-order valence-electron chi connectivity index (χ1n) is 21.5. The van der Waals surface area contributed by atoms with Crippen LogP contribution in [-0.2, 0) is 19.1 Å². The average molecular weight is 696 g/mol. The van der Waals surface area contributed by atoms with Gasteiger partial charge in [-0.1, -0.05) is 149 Å². The van der Waals surface area contributed by atoms with Crippen molar-refractivity contribution in [3.8, 4) is 0 Å². The molecule has 49 heavy (non-hydrogen) atoms. The highest BCUT2D eigenvalue weighted by Crippen LogP contribution is 2.26. The summed E-state index contributed by atoms with van der Waals surface area (Å²) < 4.78 is 11.3. The minimum Gasteiger partial charge on any atom is -0.465 e. The molecule has 1 N–H and O–H groups in total. The molecule has 0 fully saturated rings. The van der Waals surface area contributed by atoms with Gasteiger partial charge in [0.1, 0.15) is 0 Å². The molecule has 0 saturated heterocycles. The van der Waals surface area contributed by atoms with Gasteiger partial charge < -0.3 is 19.5 Å². The summed E-state index contributed by atoms with van der Waals surface area (Å²) in [5, 5.41) is 9.55. The molecule has 1 unspecified atom stereocenters. The van der Waals surface area contributed by atoms with Crippen molar-refractivity contribution >= 4 is 11.9 Å². The normalized spacial score (nSPS) is 12.5. The Labute approximate surface area is 305 Å². The Balaban J connectivity index is 3.97. The Hall–Kier alpha value is -1.14. The van der Waals surface area contributed by atoms with Gasteiger partial charge in [0.25, 0.3) is 0 Å². The van der Waals surface area contributed by atoms with Crippen LogP contribution in [-0.4, -0.2) is 61.4 Å². The first-order valence-corrected chi connectivity index (χ1v) is 21.5. The lowest BCUT2D eigenvalue weighted by Gasteiger charge is -2.23. The number of carbonyl (C=O) groups excluding carboxylic acids is 2. The fourth-order valence-electron chi connectivity index (χ4n) is 6.70. The number of nitrogens with zero attached hydrogens (tertiary/aromatic N) is 1. The second-order valence-corrected chi connectivity index (χ2v) is 15.6. The van der Waals surface area contributed by atoms with Gasteiger partial charge in [-0.15, -0.1) is 0 Å². The molecule has 0 aliphatic carbocycles. The number of hydrogen-bond acceptors (Lipinski definition) is 6. The molecule has 0 radical (unpaired) electrons. The lowest BCUT2D eigenvalue weighted by molar-refractivity contribution is -0.154. The van der Waals surface area contributed by atoms with E-state index in [2.05, 4.69) is 25.7 Å². The SMILES string of the molecule is CCCCCCCCCOC(=O)C(C)(C)CCCCCCN(CCO)CCCCCCCC(=O)OCC(CCCCC)CCCCCCC. The fraction of sp³-hybridized carbons (Fsp3) is 0.953. The van der Waals surface area contributed by atoms with E-state index in [0.717, 1.165) is 90.3 Å². The van der Waals surface area contributed by atoms with Gasteiger partial charge in [0.15, 0.2) is 0 Å². The second kappa shape index (κ2) is 35.3. The number of esters is 2. The van der Waals surface area contributed by atoms with Gasteiger partial charge in [-0.25, -0.2) is 0 Å². The molecule has 0 bridgehead atoms. The standard InChI is InChI=1S/C43H85NO5/c1-6-9-12-14-15-22-29-38-48-42(47)43(4,5)33-26-19-21-28-35-44(36-37-45)34-27-20-16-18-25-32-41(46)49-39-40(30-23-11-8-3)31-24-17-13-10-7-2/h40,45H,6-39H2,1-5H3. The van der Waals surface area contributed by atoms with Crippen LogP contribution in [0.4, 0.5) is 0 Å². The first kappa shape index (κ1) is 47.9. The molecule has 0 saturated carbocycles. The van der Waals surface area contributed by atoms with Crippen LogP contribution in [0.15, 0.2) is 0 Å². The largest absolute Gasteiger partial charge is 0.465 e. The molecule has 0 spiro atoms. The Morgan fingerprint density at radius 2 is 1.04 bits per heavy atom. The van der Waals surface area contributed by atoms with Crippen LogP contribution in [0.2, 0.25) is 0 Å². The van der Waals surface area contributed by atoms with Crippen molar-refractivity contribution in [2.24, 2.45) is 11.3 Å². The maximum atomic E-state index is 12.6. The Kier molecular flexibility index (Phi) is 34.5. The third-order valence-corrected chi connectivity index (χ3v) is 10.2. The number of rotatable bonds is 38. The molecule has 0 aliphatic heterocycles. The molecule has 292 valence electrons. The molecule has 1 atom stereocenters. The van der Waals surface area contributed by atoms with Crippen LogP contribution in [0.1, 0.15) is 214 Å². The smallest absolute Gasteiger partial charge is 0.311 e. The van der Waals surface area contributed by atoms with Crippen LogP contribution < -0.4 is 0 Å². The molecule has 0 aromatic rings. The predicted octanol–water partition coefficient (Wildman–Crippen LogP) is 12.0. The quantitative estimate of drug-likeness (QED) is 0.0512. The van der Waals surface area contributed by atoms with Gasteiger partial charge in [-0.3, -0.25) is 9.59 Å². The molecular weight excluding hydrogens is 610 g/mol. The zero-order chi connectivity index (χ0) is 36.3. The average Bonchev–Trinajstić information content (AvgIpc) is 3.08. The summed E-state index contributed by atoms with van der Waals surface area (Å²) in [4.78, 5) is 27.4. The predicted molar refractivity (Wildman–Crippen MR) is 209 cm³/mol. The van der Waals surface area contributed by atoms with Gasteiger partial charge in [0.05, 0.1) is 25.2 Å². The van der Waals surface area contributed by atoms with E-state index in [1.165, 1.54) is 103 Å². The third kappa shape index (κ3) is 31.3. The minimum absolute atomic E-state index is 0.0112. The van der Waals surface area contributed by atoms with E-state index in [-0.39, 0.29) is 18.5 Å². The van der Waals surface area contributed by atoms with Crippen molar-refractivity contribution in [1.82, 2.24) is 4.90 Å². The molecule has 0 heterocycles. The Bertz CT molecular complexity index is 727. The lowest BCUT2D eigenvalue weighted by Crippen LogP contribution is -2.29. The molecule has 0 aromatic carbocycles. The highest BCUT2D eigenvalue weighted by atomic mass is 16.5. The lowest BCUT2D eigenvalue weighted by atomic mass is 9.87. The second-order valence-electron chi connectivity index (χ2n) is 15.6. The zero-order valence-electron chi connectivity index (χ0n) is 33.6. The highest BCUT2D eigenvalue weighted by Gasteiger charge is 2.28. The molecule has 0 rings (SSSR count). The molecule has 0 amide bonds. The van der Waals surface area contributed by atoms with E-state index >= 15 is 0 Å². The summed E-state index contributed by atoms with van der Waals surface area (Å²) in [5.41, 5.74) is -0.408. The third-order valence-electron chi connectivity index (χ3n) is 10.2. The van der Waals surface area contributed by atoms with E-state index in [1.54, 1.807) is 0 Å². The Morgan fingerprint density at radius 1 is 0.571 bits per heavy atom. The molecule has 0 aliphatic rings. The van der Waals surface area contributed by atoms with Crippen molar-refractivity contribution in [1.29, 1.82) is 0 Å². The van der Waals surface area contributed by atoms with Crippen LogP contribution >= 0.6 is 0 Å². The van der Waals surface area contributed by atoms with Gasteiger partial charge in [-0.2, -0.15) is 0 Å². The minimum atomic E-state index is -0.408. The van der Waals surface area contributed by atoms with Gasteiger partial charge in [0.2, 0.25) is 0 Å². The molecule has 6 heteroatoms. The van der Waals surface area contributed by atoms with Crippen LogP contribution in [0.3, 0.4) is 0 Å². The van der Waals surface area contributed by atoms with Crippen molar-refractivity contribution < 1.29 is 24.2 Å². The van der Waals surface area contributed by atoms with Crippen molar-refractivity contribution in [3.63, 3.8) is 0 Å². The zero-order valence-corrected chi connectivity index (χ0v) is 33.6. The number of ether oxygens (including phenoxy) is 2.